The van der Waals surface area contributed by atoms with Gasteiger partial charge in [0.25, 0.3) is 0 Å². The monoisotopic (exact) mass is 316 g/mol. The summed E-state index contributed by atoms with van der Waals surface area (Å²) >= 11 is 0. The molecule has 0 radical (unpaired) electrons. The van der Waals surface area contributed by atoms with E-state index >= 15 is 0 Å². The van der Waals surface area contributed by atoms with E-state index in [1.165, 1.54) is 4.68 Å². The van der Waals surface area contributed by atoms with Gasteiger partial charge in [-0.05, 0) is 44.2 Å². The summed E-state index contributed by atoms with van der Waals surface area (Å²) in [7, 11) is 0. The number of aromatic nitrogens is 2. The lowest BCUT2D eigenvalue weighted by molar-refractivity contribution is -0.141. The van der Waals surface area contributed by atoms with E-state index in [0.717, 1.165) is 17.2 Å². The van der Waals surface area contributed by atoms with Crippen LogP contribution in [0.5, 0.6) is 0 Å². The first-order chi connectivity index (χ1) is 10.8. The lowest BCUT2D eigenvalue weighted by atomic mass is 10.0. The molecule has 0 bridgehead atoms. The van der Waals surface area contributed by atoms with Crippen LogP contribution in [0.15, 0.2) is 54.6 Å². The van der Waals surface area contributed by atoms with Crippen molar-refractivity contribution in [2.75, 3.05) is 0 Å². The molecule has 0 aliphatic rings. The van der Waals surface area contributed by atoms with Gasteiger partial charge >= 0.3 is 6.18 Å². The van der Waals surface area contributed by atoms with Gasteiger partial charge in [-0.2, -0.15) is 18.3 Å². The molecule has 3 rings (SSSR count). The van der Waals surface area contributed by atoms with Gasteiger partial charge < -0.3 is 0 Å². The number of benzene rings is 2. The third kappa shape index (κ3) is 3.13. The van der Waals surface area contributed by atoms with E-state index in [1.807, 2.05) is 38.1 Å². The fourth-order valence-corrected chi connectivity index (χ4v) is 2.61. The van der Waals surface area contributed by atoms with Gasteiger partial charge in [0.2, 0.25) is 0 Å². The van der Waals surface area contributed by atoms with Crippen LogP contribution in [0.2, 0.25) is 0 Å². The normalized spacial score (nSPS) is 11.7. The minimum absolute atomic E-state index is 0.426. The van der Waals surface area contributed by atoms with E-state index in [4.69, 9.17) is 0 Å². The Morgan fingerprint density at radius 2 is 1.48 bits per heavy atom. The molecule has 0 spiro atoms. The number of halogens is 3. The van der Waals surface area contributed by atoms with E-state index in [9.17, 15) is 13.2 Å². The minimum atomic E-state index is -4.48. The van der Waals surface area contributed by atoms with E-state index < -0.39 is 11.9 Å². The molecule has 1 aromatic heterocycles. The van der Waals surface area contributed by atoms with Gasteiger partial charge in [-0.3, -0.25) is 0 Å². The first kappa shape index (κ1) is 15.3. The largest absolute Gasteiger partial charge is 0.435 e. The topological polar surface area (TPSA) is 17.8 Å². The van der Waals surface area contributed by atoms with Crippen LogP contribution in [0.1, 0.15) is 16.8 Å². The van der Waals surface area contributed by atoms with Crippen molar-refractivity contribution in [1.29, 1.82) is 0 Å². The summed E-state index contributed by atoms with van der Waals surface area (Å²) in [5, 5.41) is 3.78. The second-order valence-corrected chi connectivity index (χ2v) is 5.54. The summed E-state index contributed by atoms with van der Waals surface area (Å²) in [5.41, 5.74) is 2.83. The maximum Gasteiger partial charge on any atom is 0.435 e. The van der Waals surface area contributed by atoms with Gasteiger partial charge in [0.05, 0.1) is 11.4 Å². The predicted octanol–water partition coefficient (Wildman–Crippen LogP) is 5.17. The zero-order chi connectivity index (χ0) is 16.6. The average molecular weight is 316 g/mol. The van der Waals surface area contributed by atoms with Crippen molar-refractivity contribution >= 4 is 0 Å². The lowest BCUT2D eigenvalue weighted by Crippen LogP contribution is -2.07. The second-order valence-electron chi connectivity index (χ2n) is 5.54. The third-order valence-electron chi connectivity index (χ3n) is 3.52. The maximum absolute atomic E-state index is 13.1. The highest BCUT2D eigenvalue weighted by Crippen LogP contribution is 2.33. The van der Waals surface area contributed by atoms with Crippen LogP contribution in [0.25, 0.3) is 16.9 Å². The smallest absolute Gasteiger partial charge is 0.233 e. The van der Waals surface area contributed by atoms with Crippen molar-refractivity contribution in [3.05, 3.63) is 71.4 Å². The maximum atomic E-state index is 13.1. The molecular formula is C18H15F3N2. The van der Waals surface area contributed by atoms with Gasteiger partial charge in [-0.25, -0.2) is 4.68 Å². The fraction of sp³-hybridized carbons (Fsp3) is 0.167. The molecule has 118 valence electrons. The van der Waals surface area contributed by atoms with E-state index in [0.29, 0.717) is 16.9 Å². The van der Waals surface area contributed by atoms with Crippen LogP contribution < -0.4 is 0 Å². The SMILES string of the molecule is Cc1cc(C)cc(-c2cc(C(F)(F)F)nn2-c2ccccc2)c1. The number of hydrogen-bond donors (Lipinski definition) is 0. The summed E-state index contributed by atoms with van der Waals surface area (Å²) in [5.74, 6) is 0. The molecular weight excluding hydrogens is 301 g/mol. The standard InChI is InChI=1S/C18H15F3N2/c1-12-8-13(2)10-14(9-12)16-11-17(18(19,20)21)22-23(16)15-6-4-3-5-7-15/h3-11H,1-2H3. The van der Waals surface area contributed by atoms with Crippen molar-refractivity contribution in [2.24, 2.45) is 0 Å². The first-order valence-electron chi connectivity index (χ1n) is 7.16. The molecule has 0 fully saturated rings. The second kappa shape index (κ2) is 5.57. The summed E-state index contributed by atoms with van der Waals surface area (Å²) in [6, 6.07) is 15.6. The van der Waals surface area contributed by atoms with Crippen LogP contribution >= 0.6 is 0 Å². The molecule has 0 N–H and O–H groups in total. The Kier molecular flexibility index (Phi) is 3.72. The quantitative estimate of drug-likeness (QED) is 0.637. The molecule has 1 heterocycles. The van der Waals surface area contributed by atoms with Crippen LogP contribution in [0, 0.1) is 13.8 Å². The van der Waals surface area contributed by atoms with Crippen molar-refractivity contribution in [3.8, 4) is 16.9 Å². The van der Waals surface area contributed by atoms with Crippen molar-refractivity contribution in [3.63, 3.8) is 0 Å². The summed E-state index contributed by atoms with van der Waals surface area (Å²) in [6.45, 7) is 3.84. The lowest BCUT2D eigenvalue weighted by Gasteiger charge is -2.09. The van der Waals surface area contributed by atoms with E-state index in [2.05, 4.69) is 5.10 Å². The van der Waals surface area contributed by atoms with Crippen LogP contribution in [0.4, 0.5) is 13.2 Å². The summed E-state index contributed by atoms with van der Waals surface area (Å²) in [4.78, 5) is 0. The molecule has 0 aliphatic carbocycles. The number of rotatable bonds is 2. The number of para-hydroxylation sites is 1. The average Bonchev–Trinajstić information content (AvgIpc) is 2.92. The summed E-state index contributed by atoms with van der Waals surface area (Å²) in [6.07, 6.45) is -4.48. The fourth-order valence-electron chi connectivity index (χ4n) is 2.61. The Balaban J connectivity index is 2.24. The van der Waals surface area contributed by atoms with Gasteiger partial charge in [0.15, 0.2) is 5.69 Å². The van der Waals surface area contributed by atoms with Crippen LogP contribution in [-0.2, 0) is 6.18 Å². The minimum Gasteiger partial charge on any atom is -0.233 e. The zero-order valence-electron chi connectivity index (χ0n) is 12.7. The van der Waals surface area contributed by atoms with E-state index in [1.54, 1.807) is 24.3 Å². The Labute approximate surface area is 132 Å². The summed E-state index contributed by atoms with van der Waals surface area (Å²) < 4.78 is 40.6. The molecule has 0 aliphatic heterocycles. The molecule has 0 unspecified atom stereocenters. The van der Waals surface area contributed by atoms with Crippen molar-refractivity contribution in [1.82, 2.24) is 9.78 Å². The number of alkyl halides is 3. The highest BCUT2D eigenvalue weighted by atomic mass is 19.4. The first-order valence-corrected chi connectivity index (χ1v) is 7.16. The van der Waals surface area contributed by atoms with Gasteiger partial charge in [-0.1, -0.05) is 35.4 Å². The molecule has 2 aromatic carbocycles. The Morgan fingerprint density at radius 3 is 2.04 bits per heavy atom. The molecule has 5 heteroatoms. The van der Waals surface area contributed by atoms with Crippen molar-refractivity contribution < 1.29 is 13.2 Å². The van der Waals surface area contributed by atoms with Crippen LogP contribution in [-0.4, -0.2) is 9.78 Å². The number of hydrogen-bond acceptors (Lipinski definition) is 1. The Bertz CT molecular complexity index is 813. The highest BCUT2D eigenvalue weighted by Gasteiger charge is 2.35. The Hall–Kier alpha value is -2.56. The zero-order valence-corrected chi connectivity index (χ0v) is 12.7. The van der Waals surface area contributed by atoms with Gasteiger partial charge in [0, 0.05) is 5.56 Å². The molecule has 0 amide bonds. The number of aryl methyl sites for hydroxylation is 2. The third-order valence-corrected chi connectivity index (χ3v) is 3.52. The molecule has 0 atom stereocenters. The molecule has 23 heavy (non-hydrogen) atoms. The molecule has 2 nitrogen and oxygen atoms in total. The molecule has 0 saturated carbocycles. The Morgan fingerprint density at radius 1 is 0.870 bits per heavy atom. The van der Waals surface area contributed by atoms with Gasteiger partial charge in [-0.15, -0.1) is 0 Å². The molecule has 0 saturated heterocycles. The van der Waals surface area contributed by atoms with Crippen molar-refractivity contribution in [2.45, 2.75) is 20.0 Å². The number of nitrogens with zero attached hydrogens (tertiary/aromatic N) is 2. The van der Waals surface area contributed by atoms with Crippen LogP contribution in [0.3, 0.4) is 0 Å². The predicted molar refractivity (Wildman–Crippen MR) is 83.5 cm³/mol. The molecule has 3 aromatic rings. The van der Waals surface area contributed by atoms with Gasteiger partial charge in [0.1, 0.15) is 0 Å². The highest BCUT2D eigenvalue weighted by molar-refractivity contribution is 5.64. The van der Waals surface area contributed by atoms with E-state index in [-0.39, 0.29) is 0 Å².